The number of anilines is 1. The Kier molecular flexibility index (Phi) is 5.43. The van der Waals surface area contributed by atoms with Crippen LogP contribution in [0.1, 0.15) is 16.2 Å². The fourth-order valence-corrected chi connectivity index (χ4v) is 4.28. The fourth-order valence-electron chi connectivity index (χ4n) is 4.28. The number of aryl methyl sites for hydroxylation is 1. The van der Waals surface area contributed by atoms with Gasteiger partial charge in [0, 0.05) is 36.0 Å². The Morgan fingerprint density at radius 3 is 2.48 bits per heavy atom. The number of rotatable bonds is 5. The van der Waals surface area contributed by atoms with Crippen molar-refractivity contribution in [2.24, 2.45) is 0 Å². The average Bonchev–Trinajstić information content (AvgIpc) is 3.20. The number of hydrogen-bond acceptors (Lipinski definition) is 6. The number of nitrogens with zero attached hydrogens (tertiary/aromatic N) is 4. The smallest absolute Gasteiger partial charge is 0.354 e. The van der Waals surface area contributed by atoms with Crippen LogP contribution in [0.5, 0.6) is 5.75 Å². The summed E-state index contributed by atoms with van der Waals surface area (Å²) in [4.78, 5) is 18.6. The van der Waals surface area contributed by atoms with Gasteiger partial charge in [0.05, 0.1) is 37.1 Å². The van der Waals surface area contributed by atoms with E-state index in [1.165, 1.54) is 0 Å². The third-order valence-corrected chi connectivity index (χ3v) is 5.88. The molecule has 0 aliphatic carbocycles. The highest BCUT2D eigenvalue weighted by Crippen LogP contribution is 2.39. The summed E-state index contributed by atoms with van der Waals surface area (Å²) in [5.74, 6) is -0.435. The zero-order valence-corrected chi connectivity index (χ0v) is 18.5. The first-order chi connectivity index (χ1) is 16.1. The van der Waals surface area contributed by atoms with E-state index in [0.717, 1.165) is 46.7 Å². The van der Waals surface area contributed by atoms with Crippen LogP contribution in [-0.4, -0.2) is 59.3 Å². The number of carboxylic acid groups (broad SMARTS) is 1. The molecule has 1 aliphatic heterocycles. The lowest BCUT2D eigenvalue weighted by atomic mass is 9.99. The van der Waals surface area contributed by atoms with Crippen LogP contribution in [0.3, 0.4) is 0 Å². The molecule has 0 spiro atoms. The Morgan fingerprint density at radius 1 is 1.03 bits per heavy atom. The third-order valence-electron chi connectivity index (χ3n) is 5.88. The highest BCUT2D eigenvalue weighted by Gasteiger charge is 2.22. The van der Waals surface area contributed by atoms with Crippen LogP contribution in [-0.2, 0) is 4.74 Å². The number of para-hydroxylation sites is 1. The summed E-state index contributed by atoms with van der Waals surface area (Å²) < 4.78 is 12.9. The summed E-state index contributed by atoms with van der Waals surface area (Å²) in [5, 5.41) is 15.3. The Balaban J connectivity index is 1.72. The molecule has 5 rings (SSSR count). The molecule has 8 nitrogen and oxygen atoms in total. The maximum absolute atomic E-state index is 12.0. The van der Waals surface area contributed by atoms with E-state index >= 15 is 0 Å². The van der Waals surface area contributed by atoms with Crippen molar-refractivity contribution >= 4 is 22.7 Å². The zero-order valence-electron chi connectivity index (χ0n) is 18.5. The number of carboxylic acids is 1. The van der Waals surface area contributed by atoms with Crippen molar-refractivity contribution in [3.8, 4) is 22.6 Å². The first-order valence-corrected chi connectivity index (χ1v) is 10.8. The molecule has 1 saturated heterocycles. The van der Waals surface area contributed by atoms with Gasteiger partial charge in [-0.05, 0) is 37.3 Å². The molecular formula is C25H24N4O4. The van der Waals surface area contributed by atoms with Gasteiger partial charge in [0.25, 0.3) is 0 Å². The largest absolute Gasteiger partial charge is 0.496 e. The number of benzene rings is 2. The molecule has 2 aromatic heterocycles. The predicted octanol–water partition coefficient (Wildman–Crippen LogP) is 3.94. The van der Waals surface area contributed by atoms with Crippen molar-refractivity contribution in [1.82, 2.24) is 14.8 Å². The zero-order chi connectivity index (χ0) is 22.9. The lowest BCUT2D eigenvalue weighted by Crippen LogP contribution is -2.36. The van der Waals surface area contributed by atoms with E-state index < -0.39 is 5.97 Å². The quantitative estimate of drug-likeness (QED) is 0.499. The molecule has 0 atom stereocenters. The van der Waals surface area contributed by atoms with Gasteiger partial charge in [-0.3, -0.25) is 0 Å². The first-order valence-electron chi connectivity index (χ1n) is 10.8. The van der Waals surface area contributed by atoms with Gasteiger partial charge in [-0.1, -0.05) is 18.2 Å². The fraction of sp³-hybridized carbons (Fsp3) is 0.240. The van der Waals surface area contributed by atoms with Crippen LogP contribution in [0.15, 0.2) is 54.6 Å². The minimum atomic E-state index is -1.10. The van der Waals surface area contributed by atoms with Gasteiger partial charge < -0.3 is 19.5 Å². The predicted molar refractivity (Wildman–Crippen MR) is 126 cm³/mol. The van der Waals surface area contributed by atoms with Crippen LogP contribution in [0, 0.1) is 6.92 Å². The van der Waals surface area contributed by atoms with Crippen molar-refractivity contribution in [3.63, 3.8) is 0 Å². The van der Waals surface area contributed by atoms with Crippen LogP contribution < -0.4 is 9.64 Å². The number of carbonyl (C=O) groups is 1. The number of aromatic nitrogens is 3. The van der Waals surface area contributed by atoms with Crippen LogP contribution >= 0.6 is 0 Å². The Bertz CT molecular complexity index is 1330. The molecule has 0 amide bonds. The second-order valence-corrected chi connectivity index (χ2v) is 7.88. The number of aromatic carboxylic acids is 1. The average molecular weight is 444 g/mol. The van der Waals surface area contributed by atoms with Crippen molar-refractivity contribution in [1.29, 1.82) is 0 Å². The Labute approximate surface area is 191 Å². The van der Waals surface area contributed by atoms with Crippen LogP contribution in [0.2, 0.25) is 0 Å². The lowest BCUT2D eigenvalue weighted by molar-refractivity contribution is 0.0691. The monoisotopic (exact) mass is 444 g/mol. The highest BCUT2D eigenvalue weighted by molar-refractivity contribution is 6.01. The molecule has 33 heavy (non-hydrogen) atoms. The number of fused-ring (bicyclic) bond motifs is 1. The Hall–Kier alpha value is -3.91. The second kappa shape index (κ2) is 8.55. The van der Waals surface area contributed by atoms with Gasteiger partial charge in [0.1, 0.15) is 5.75 Å². The molecule has 4 aromatic rings. The molecule has 168 valence electrons. The molecular weight excluding hydrogens is 420 g/mol. The summed E-state index contributed by atoms with van der Waals surface area (Å²) in [6, 6.07) is 17.2. The van der Waals surface area contributed by atoms with Crippen molar-refractivity contribution < 1.29 is 19.4 Å². The molecule has 1 aliphatic rings. The van der Waals surface area contributed by atoms with Crippen LogP contribution in [0.4, 0.5) is 5.69 Å². The number of methoxy groups -OCH3 is 1. The third kappa shape index (κ3) is 3.78. The maximum atomic E-state index is 12.0. The number of pyridine rings is 1. The summed E-state index contributed by atoms with van der Waals surface area (Å²) in [6.07, 6.45) is 0. The second-order valence-electron chi connectivity index (χ2n) is 7.88. The molecule has 3 heterocycles. The number of hydrogen-bond donors (Lipinski definition) is 1. The van der Waals surface area contributed by atoms with Crippen molar-refractivity contribution in [2.75, 3.05) is 38.3 Å². The van der Waals surface area contributed by atoms with Gasteiger partial charge in [-0.15, -0.1) is 0 Å². The SMILES string of the molecule is COc1cc(N2CCOCC2)ccc1-c1cc(C(=O)O)nc2c1c(C)nn2-c1ccccc1. The van der Waals surface area contributed by atoms with Gasteiger partial charge >= 0.3 is 5.97 Å². The minimum absolute atomic E-state index is 0.0473. The summed E-state index contributed by atoms with van der Waals surface area (Å²) in [5.41, 5.74) is 4.57. The molecule has 1 fully saturated rings. The number of ether oxygens (including phenoxy) is 2. The maximum Gasteiger partial charge on any atom is 0.354 e. The summed E-state index contributed by atoms with van der Waals surface area (Å²) in [6.45, 7) is 4.91. The molecule has 8 heteroatoms. The number of morpholine rings is 1. The molecule has 0 saturated carbocycles. The molecule has 1 N–H and O–H groups in total. The van der Waals surface area contributed by atoms with E-state index in [1.54, 1.807) is 17.9 Å². The van der Waals surface area contributed by atoms with E-state index in [0.29, 0.717) is 24.6 Å². The first kappa shape index (κ1) is 21.0. The van der Waals surface area contributed by atoms with E-state index in [2.05, 4.69) is 9.88 Å². The molecule has 2 aromatic carbocycles. The van der Waals surface area contributed by atoms with Crippen molar-refractivity contribution in [3.05, 3.63) is 66.0 Å². The van der Waals surface area contributed by atoms with E-state index in [-0.39, 0.29) is 5.69 Å². The van der Waals surface area contributed by atoms with E-state index in [4.69, 9.17) is 14.6 Å². The van der Waals surface area contributed by atoms with E-state index in [9.17, 15) is 9.90 Å². The standard InChI is InChI=1S/C25H24N4O4/c1-16-23-20(19-9-8-18(14-22(19)32-2)28-10-12-33-13-11-28)15-21(25(30)31)26-24(23)29(27-16)17-6-4-3-5-7-17/h3-9,14-15H,10-13H2,1-2H3,(H,30,31). The topological polar surface area (TPSA) is 89.7 Å². The molecule has 0 radical (unpaired) electrons. The Morgan fingerprint density at radius 2 is 1.79 bits per heavy atom. The van der Waals surface area contributed by atoms with Crippen molar-refractivity contribution in [2.45, 2.75) is 6.92 Å². The van der Waals surface area contributed by atoms with Gasteiger partial charge in [0.2, 0.25) is 0 Å². The van der Waals surface area contributed by atoms with Gasteiger partial charge in [-0.2, -0.15) is 5.10 Å². The van der Waals surface area contributed by atoms with E-state index in [1.807, 2.05) is 55.5 Å². The molecule has 0 bridgehead atoms. The molecule has 0 unspecified atom stereocenters. The summed E-state index contributed by atoms with van der Waals surface area (Å²) in [7, 11) is 1.62. The minimum Gasteiger partial charge on any atom is -0.496 e. The lowest BCUT2D eigenvalue weighted by Gasteiger charge is -2.29. The van der Waals surface area contributed by atoms with Gasteiger partial charge in [-0.25, -0.2) is 14.5 Å². The van der Waals surface area contributed by atoms with Crippen LogP contribution in [0.25, 0.3) is 27.8 Å². The normalized spacial score (nSPS) is 13.9. The summed E-state index contributed by atoms with van der Waals surface area (Å²) >= 11 is 0. The highest BCUT2D eigenvalue weighted by atomic mass is 16.5. The van der Waals surface area contributed by atoms with Gasteiger partial charge in [0.15, 0.2) is 11.3 Å².